The lowest BCUT2D eigenvalue weighted by molar-refractivity contribution is 0.136. The highest BCUT2D eigenvalue weighted by molar-refractivity contribution is 5.87. The van der Waals surface area contributed by atoms with Crippen LogP contribution in [0.15, 0.2) is 12.3 Å². The summed E-state index contributed by atoms with van der Waals surface area (Å²) in [5, 5.41) is 30.8. The van der Waals surface area contributed by atoms with Gasteiger partial charge in [0.2, 0.25) is 5.95 Å². The van der Waals surface area contributed by atoms with Crippen molar-refractivity contribution in [3.05, 3.63) is 18.0 Å². The second-order valence-electron chi connectivity index (χ2n) is 7.93. The van der Waals surface area contributed by atoms with Gasteiger partial charge in [0.15, 0.2) is 11.5 Å². The summed E-state index contributed by atoms with van der Waals surface area (Å²) in [5.74, 6) is 1.94. The van der Waals surface area contributed by atoms with Gasteiger partial charge in [0, 0.05) is 42.9 Å². The largest absolute Gasteiger partial charge is 0.366 e. The normalized spacial score (nSPS) is 23.9. The fourth-order valence-corrected chi connectivity index (χ4v) is 4.73. The molecule has 150 valence electrons. The highest BCUT2D eigenvalue weighted by atomic mass is 15.3. The second kappa shape index (κ2) is 7.33. The van der Waals surface area contributed by atoms with Crippen LogP contribution in [0.25, 0.3) is 11.0 Å². The average molecular weight is 392 g/mol. The number of rotatable bonds is 6. The molecule has 0 spiro atoms. The molecule has 4 N–H and O–H groups in total. The molecule has 29 heavy (non-hydrogen) atoms. The Balaban J connectivity index is 1.35. The predicted octanol–water partition coefficient (Wildman–Crippen LogP) is 2.45. The van der Waals surface area contributed by atoms with Gasteiger partial charge in [0.25, 0.3) is 0 Å². The quantitative estimate of drug-likeness (QED) is 0.502. The molecular formula is C19H24N10. The Hall–Kier alpha value is -3.19. The van der Waals surface area contributed by atoms with Crippen molar-refractivity contribution >= 4 is 28.6 Å². The summed E-state index contributed by atoms with van der Waals surface area (Å²) in [7, 11) is 0. The van der Waals surface area contributed by atoms with E-state index in [4.69, 9.17) is 10.2 Å². The highest BCUT2D eigenvalue weighted by Gasteiger charge is 2.40. The topological polar surface area (TPSA) is 134 Å². The van der Waals surface area contributed by atoms with Gasteiger partial charge in [-0.3, -0.25) is 15.1 Å². The number of piperidine rings is 1. The van der Waals surface area contributed by atoms with Crippen molar-refractivity contribution in [3.8, 4) is 6.07 Å². The van der Waals surface area contributed by atoms with Gasteiger partial charge >= 0.3 is 0 Å². The lowest BCUT2D eigenvalue weighted by Gasteiger charge is -2.39. The molecule has 0 aromatic carbocycles. The van der Waals surface area contributed by atoms with Crippen molar-refractivity contribution in [1.82, 2.24) is 35.3 Å². The van der Waals surface area contributed by atoms with E-state index < -0.39 is 0 Å². The Kier molecular flexibility index (Phi) is 4.52. The SMILES string of the molecule is Cc1cc(Nc2nc(NC3CC4CCC(C3)N4CCC#N)c3cn[nH]c3n2)n[nH]1. The number of H-pyrrole nitrogens is 2. The fraction of sp³-hybridized carbons (Fsp3) is 0.526. The van der Waals surface area contributed by atoms with Crippen molar-refractivity contribution in [1.29, 1.82) is 5.26 Å². The number of fused-ring (bicyclic) bond motifs is 3. The molecule has 3 aromatic heterocycles. The molecule has 10 heteroatoms. The molecule has 10 nitrogen and oxygen atoms in total. The minimum absolute atomic E-state index is 0.347. The summed E-state index contributed by atoms with van der Waals surface area (Å²) in [4.78, 5) is 11.7. The van der Waals surface area contributed by atoms with Crippen LogP contribution in [-0.2, 0) is 0 Å². The van der Waals surface area contributed by atoms with E-state index in [0.717, 1.165) is 36.3 Å². The van der Waals surface area contributed by atoms with Crippen molar-refractivity contribution < 1.29 is 0 Å². The zero-order chi connectivity index (χ0) is 19.8. The van der Waals surface area contributed by atoms with Crippen molar-refractivity contribution in [2.75, 3.05) is 17.2 Å². The number of nitrogens with one attached hydrogen (secondary N) is 4. The first-order chi connectivity index (χ1) is 14.2. The fourth-order valence-electron chi connectivity index (χ4n) is 4.73. The zero-order valence-corrected chi connectivity index (χ0v) is 16.3. The summed E-state index contributed by atoms with van der Waals surface area (Å²) in [6, 6.07) is 5.63. The molecule has 2 unspecified atom stereocenters. The van der Waals surface area contributed by atoms with Crippen LogP contribution in [0.4, 0.5) is 17.6 Å². The predicted molar refractivity (Wildman–Crippen MR) is 109 cm³/mol. The van der Waals surface area contributed by atoms with E-state index in [0.29, 0.717) is 42.0 Å². The van der Waals surface area contributed by atoms with E-state index in [-0.39, 0.29) is 0 Å². The van der Waals surface area contributed by atoms with Gasteiger partial charge in [-0.2, -0.15) is 25.4 Å². The lowest BCUT2D eigenvalue weighted by atomic mass is 9.97. The monoisotopic (exact) mass is 392 g/mol. The molecule has 2 saturated heterocycles. The number of aromatic amines is 2. The minimum Gasteiger partial charge on any atom is -0.366 e. The van der Waals surface area contributed by atoms with Crippen LogP contribution in [0.5, 0.6) is 0 Å². The molecule has 0 saturated carbocycles. The molecule has 5 heterocycles. The molecule has 2 aliphatic rings. The maximum atomic E-state index is 8.93. The van der Waals surface area contributed by atoms with E-state index in [1.165, 1.54) is 12.8 Å². The van der Waals surface area contributed by atoms with Crippen LogP contribution in [0, 0.1) is 18.3 Å². The van der Waals surface area contributed by atoms with E-state index in [1.54, 1.807) is 6.20 Å². The minimum atomic E-state index is 0.347. The number of hydrogen-bond donors (Lipinski definition) is 4. The van der Waals surface area contributed by atoms with Gasteiger partial charge in [0.05, 0.1) is 17.7 Å². The Labute approximate surface area is 168 Å². The number of nitrogens with zero attached hydrogens (tertiary/aromatic N) is 6. The second-order valence-corrected chi connectivity index (χ2v) is 7.93. The van der Waals surface area contributed by atoms with Gasteiger partial charge in [-0.1, -0.05) is 0 Å². The molecular weight excluding hydrogens is 368 g/mol. The molecule has 2 fully saturated rings. The van der Waals surface area contributed by atoms with Gasteiger partial charge in [-0.05, 0) is 32.6 Å². The van der Waals surface area contributed by atoms with E-state index >= 15 is 0 Å². The molecule has 2 aliphatic heterocycles. The summed E-state index contributed by atoms with van der Waals surface area (Å²) >= 11 is 0. The van der Waals surface area contributed by atoms with Crippen LogP contribution in [0.1, 0.15) is 37.8 Å². The summed E-state index contributed by atoms with van der Waals surface area (Å²) < 4.78 is 0. The maximum Gasteiger partial charge on any atom is 0.232 e. The van der Waals surface area contributed by atoms with Crippen molar-refractivity contribution in [2.24, 2.45) is 0 Å². The maximum absolute atomic E-state index is 8.93. The zero-order valence-electron chi connectivity index (χ0n) is 16.3. The van der Waals surface area contributed by atoms with Crippen LogP contribution < -0.4 is 10.6 Å². The Morgan fingerprint density at radius 1 is 1.24 bits per heavy atom. The van der Waals surface area contributed by atoms with Crippen molar-refractivity contribution in [2.45, 2.75) is 57.2 Å². The van der Waals surface area contributed by atoms with E-state index in [2.05, 4.69) is 47.0 Å². The molecule has 5 rings (SSSR count). The Bertz CT molecular complexity index is 1030. The molecule has 2 atom stereocenters. The standard InChI is InChI=1S/C19H24N10/c1-11-7-16(27-26-11)23-19-24-17(15-10-21-28-18(15)25-19)22-12-8-13-3-4-14(9-12)29(13)6-2-5-20/h7,10,12-14H,2-4,6,8-9H2,1H3,(H4,21,22,23,24,25,26,27,28). The first-order valence-corrected chi connectivity index (χ1v) is 10.1. The van der Waals surface area contributed by atoms with Gasteiger partial charge < -0.3 is 10.6 Å². The average Bonchev–Trinajstić information content (AvgIpc) is 3.39. The van der Waals surface area contributed by atoms with Gasteiger partial charge in [0.1, 0.15) is 5.82 Å². The Morgan fingerprint density at radius 3 is 2.79 bits per heavy atom. The lowest BCUT2D eigenvalue weighted by Crippen LogP contribution is -2.47. The van der Waals surface area contributed by atoms with Crippen LogP contribution in [0.2, 0.25) is 0 Å². The number of aromatic nitrogens is 6. The third-order valence-corrected chi connectivity index (χ3v) is 5.96. The molecule has 0 radical (unpaired) electrons. The first-order valence-electron chi connectivity index (χ1n) is 10.1. The smallest absolute Gasteiger partial charge is 0.232 e. The van der Waals surface area contributed by atoms with E-state index in [9.17, 15) is 0 Å². The van der Waals surface area contributed by atoms with Gasteiger partial charge in [-0.25, -0.2) is 0 Å². The number of nitriles is 1. The Morgan fingerprint density at radius 2 is 2.07 bits per heavy atom. The van der Waals surface area contributed by atoms with Crippen molar-refractivity contribution in [3.63, 3.8) is 0 Å². The van der Waals surface area contributed by atoms with Crippen LogP contribution >= 0.6 is 0 Å². The third-order valence-electron chi connectivity index (χ3n) is 5.96. The third kappa shape index (κ3) is 3.49. The summed E-state index contributed by atoms with van der Waals surface area (Å²) in [6.07, 6.45) is 6.92. The van der Waals surface area contributed by atoms with Crippen LogP contribution in [0.3, 0.4) is 0 Å². The van der Waals surface area contributed by atoms with E-state index in [1.807, 2.05) is 13.0 Å². The molecule has 3 aromatic rings. The molecule has 0 aliphatic carbocycles. The number of aryl methyl sites for hydroxylation is 1. The summed E-state index contributed by atoms with van der Waals surface area (Å²) in [6.45, 7) is 2.83. The summed E-state index contributed by atoms with van der Waals surface area (Å²) in [5.41, 5.74) is 1.65. The first kappa shape index (κ1) is 17.9. The molecule has 0 amide bonds. The highest BCUT2D eigenvalue weighted by Crippen LogP contribution is 2.37. The van der Waals surface area contributed by atoms with Crippen LogP contribution in [-0.4, -0.2) is 59.9 Å². The number of hydrogen-bond acceptors (Lipinski definition) is 8. The number of anilines is 3. The molecule has 2 bridgehead atoms. The van der Waals surface area contributed by atoms with Gasteiger partial charge in [-0.15, -0.1) is 0 Å².